The van der Waals surface area contributed by atoms with E-state index in [-0.39, 0.29) is 24.1 Å². The number of aliphatic hydroxyl groups excluding tert-OH is 2. The molecule has 0 spiro atoms. The van der Waals surface area contributed by atoms with Crippen LogP contribution in [0.1, 0.15) is 34.1 Å². The molecule has 0 saturated heterocycles. The number of Topliss-reactive ketones (excluding diaryl/α,β-unsaturated/α-hetero) is 1. The smallest absolute Gasteiger partial charge is 0.336 e. The first-order valence-electron chi connectivity index (χ1n) is 6.70. The van der Waals surface area contributed by atoms with Crippen molar-refractivity contribution < 1.29 is 34.8 Å². The summed E-state index contributed by atoms with van der Waals surface area (Å²) in [6.45, 7) is 1.57. The van der Waals surface area contributed by atoms with E-state index in [9.17, 15) is 24.6 Å². The quantitative estimate of drug-likeness (QED) is 0.355. The molecule has 1 atom stereocenters. The van der Waals surface area contributed by atoms with Crippen molar-refractivity contribution in [2.24, 2.45) is 0 Å². The minimum absolute atomic E-state index is 0.0141. The third-order valence-electron chi connectivity index (χ3n) is 3.06. The number of hydrogen-bond donors (Lipinski definition) is 5. The summed E-state index contributed by atoms with van der Waals surface area (Å²) in [6, 6.07) is 3.69. The van der Waals surface area contributed by atoms with Crippen LogP contribution < -0.4 is 5.32 Å². The SMILES string of the molecule is CC=C(O)C(=O)C(O)CCNc1ccc(C(=O)O)c(C(=O)O)c1. The number of aromatic carboxylic acids is 2. The van der Waals surface area contributed by atoms with E-state index in [1.165, 1.54) is 19.1 Å². The van der Waals surface area contributed by atoms with Crippen molar-refractivity contribution in [2.75, 3.05) is 11.9 Å². The van der Waals surface area contributed by atoms with Gasteiger partial charge in [-0.15, -0.1) is 0 Å². The number of ketones is 1. The lowest BCUT2D eigenvalue weighted by atomic mass is 10.1. The molecule has 8 heteroatoms. The number of rotatable bonds is 8. The van der Waals surface area contributed by atoms with Crippen LogP contribution in [0.25, 0.3) is 0 Å². The van der Waals surface area contributed by atoms with E-state index in [0.717, 1.165) is 12.1 Å². The normalized spacial score (nSPS) is 12.5. The van der Waals surface area contributed by atoms with Crippen molar-refractivity contribution in [2.45, 2.75) is 19.4 Å². The maximum atomic E-state index is 11.4. The maximum absolute atomic E-state index is 11.4. The van der Waals surface area contributed by atoms with Crippen molar-refractivity contribution in [1.82, 2.24) is 0 Å². The van der Waals surface area contributed by atoms with Gasteiger partial charge in [-0.05, 0) is 37.6 Å². The number of carboxylic acid groups (broad SMARTS) is 2. The molecule has 1 aromatic rings. The minimum atomic E-state index is -1.39. The highest BCUT2D eigenvalue weighted by atomic mass is 16.4. The molecule has 0 heterocycles. The number of carbonyl (C=O) groups excluding carboxylic acids is 1. The molecule has 0 radical (unpaired) electrons. The second-order valence-corrected chi connectivity index (χ2v) is 4.64. The lowest BCUT2D eigenvalue weighted by Gasteiger charge is -2.12. The van der Waals surface area contributed by atoms with Crippen LogP contribution in [0.5, 0.6) is 0 Å². The lowest BCUT2D eigenvalue weighted by molar-refractivity contribution is -0.126. The summed E-state index contributed by atoms with van der Waals surface area (Å²) < 4.78 is 0. The molecule has 0 aliphatic rings. The van der Waals surface area contributed by atoms with Crippen molar-refractivity contribution in [1.29, 1.82) is 0 Å². The molecule has 0 bridgehead atoms. The molecule has 0 amide bonds. The van der Waals surface area contributed by atoms with E-state index in [4.69, 9.17) is 10.2 Å². The van der Waals surface area contributed by atoms with Gasteiger partial charge in [-0.1, -0.05) is 0 Å². The van der Waals surface area contributed by atoms with Gasteiger partial charge in [0.15, 0.2) is 5.76 Å². The fourth-order valence-electron chi connectivity index (χ4n) is 1.81. The van der Waals surface area contributed by atoms with Crippen molar-refractivity contribution in [3.05, 3.63) is 41.2 Å². The Bertz CT molecular complexity index is 651. The number of aliphatic hydroxyl groups is 2. The largest absolute Gasteiger partial charge is 0.505 e. The summed E-state index contributed by atoms with van der Waals surface area (Å²) >= 11 is 0. The highest BCUT2D eigenvalue weighted by molar-refractivity contribution is 6.02. The number of anilines is 1. The van der Waals surface area contributed by atoms with Crippen LogP contribution in [0.15, 0.2) is 30.0 Å². The van der Waals surface area contributed by atoms with Crippen LogP contribution in [0.4, 0.5) is 5.69 Å². The Morgan fingerprint density at radius 3 is 2.26 bits per heavy atom. The maximum Gasteiger partial charge on any atom is 0.336 e. The highest BCUT2D eigenvalue weighted by Crippen LogP contribution is 2.16. The van der Waals surface area contributed by atoms with Gasteiger partial charge in [-0.25, -0.2) is 9.59 Å². The standard InChI is InChI=1S/C15H17NO7/c1-2-11(17)13(19)12(18)5-6-16-8-3-4-9(14(20)21)10(7-8)15(22)23/h2-4,7,12,16-18H,5-6H2,1H3,(H,20,21)(H,22,23). The van der Waals surface area contributed by atoms with Crippen molar-refractivity contribution in [3.63, 3.8) is 0 Å². The van der Waals surface area contributed by atoms with Crippen LogP contribution >= 0.6 is 0 Å². The topological polar surface area (TPSA) is 144 Å². The Balaban J connectivity index is 2.72. The molecule has 1 unspecified atom stereocenters. The number of hydrogen-bond acceptors (Lipinski definition) is 6. The number of carbonyl (C=O) groups is 3. The average molecular weight is 323 g/mol. The summed E-state index contributed by atoms with van der Waals surface area (Å²) in [4.78, 5) is 33.4. The van der Waals surface area contributed by atoms with E-state index in [1.807, 2.05) is 0 Å². The molecule has 0 saturated carbocycles. The van der Waals surface area contributed by atoms with Crippen LogP contribution in [0.3, 0.4) is 0 Å². The molecule has 1 aromatic carbocycles. The summed E-state index contributed by atoms with van der Waals surface area (Å²) in [5.41, 5.74) is -0.371. The Hall–Kier alpha value is -2.87. The van der Waals surface area contributed by atoms with Crippen molar-refractivity contribution >= 4 is 23.4 Å². The first-order valence-corrected chi connectivity index (χ1v) is 6.70. The van der Waals surface area contributed by atoms with E-state index in [1.54, 1.807) is 0 Å². The Morgan fingerprint density at radius 2 is 1.74 bits per heavy atom. The summed E-state index contributed by atoms with van der Waals surface area (Å²) in [7, 11) is 0. The third-order valence-corrected chi connectivity index (χ3v) is 3.06. The number of nitrogens with one attached hydrogen (secondary N) is 1. The molecule has 0 aromatic heterocycles. The lowest BCUT2D eigenvalue weighted by Crippen LogP contribution is -2.25. The van der Waals surface area contributed by atoms with Gasteiger partial charge < -0.3 is 25.7 Å². The van der Waals surface area contributed by atoms with Gasteiger partial charge in [0, 0.05) is 12.2 Å². The predicted octanol–water partition coefficient (Wildman–Crippen LogP) is 1.28. The zero-order valence-electron chi connectivity index (χ0n) is 12.3. The molecule has 8 nitrogen and oxygen atoms in total. The molecule has 0 fully saturated rings. The van der Waals surface area contributed by atoms with Crippen molar-refractivity contribution in [3.8, 4) is 0 Å². The number of carboxylic acids is 2. The van der Waals surface area contributed by atoms with Gasteiger partial charge >= 0.3 is 11.9 Å². The first kappa shape index (κ1) is 18.2. The van der Waals surface area contributed by atoms with E-state index < -0.39 is 29.6 Å². The number of benzene rings is 1. The van der Waals surface area contributed by atoms with E-state index in [0.29, 0.717) is 5.69 Å². The van der Waals surface area contributed by atoms with Crippen LogP contribution in [0.2, 0.25) is 0 Å². The summed E-state index contributed by atoms with van der Waals surface area (Å²) in [5, 5.41) is 39.5. The molecule has 5 N–H and O–H groups in total. The second-order valence-electron chi connectivity index (χ2n) is 4.64. The molecule has 0 aliphatic heterocycles. The molecular weight excluding hydrogens is 306 g/mol. The van der Waals surface area contributed by atoms with E-state index >= 15 is 0 Å². The van der Waals surface area contributed by atoms with Gasteiger partial charge in [-0.2, -0.15) is 0 Å². The van der Waals surface area contributed by atoms with Crippen LogP contribution in [-0.4, -0.2) is 50.8 Å². The van der Waals surface area contributed by atoms with Crippen LogP contribution in [-0.2, 0) is 4.79 Å². The Kier molecular flexibility index (Phi) is 6.28. The fourth-order valence-corrected chi connectivity index (χ4v) is 1.81. The van der Waals surface area contributed by atoms with Gasteiger partial charge in [-0.3, -0.25) is 4.79 Å². The van der Waals surface area contributed by atoms with Gasteiger partial charge in [0.2, 0.25) is 5.78 Å². The third kappa shape index (κ3) is 4.82. The van der Waals surface area contributed by atoms with Gasteiger partial charge in [0.05, 0.1) is 11.1 Å². The minimum Gasteiger partial charge on any atom is -0.505 e. The zero-order chi connectivity index (χ0) is 17.6. The van der Waals surface area contributed by atoms with Gasteiger partial charge in [0.1, 0.15) is 6.10 Å². The van der Waals surface area contributed by atoms with Gasteiger partial charge in [0.25, 0.3) is 0 Å². The fraction of sp³-hybridized carbons (Fsp3) is 0.267. The second kappa shape index (κ2) is 7.95. The first-order chi connectivity index (χ1) is 10.8. The molecule has 23 heavy (non-hydrogen) atoms. The Labute approximate surface area is 131 Å². The molecule has 0 aliphatic carbocycles. The highest BCUT2D eigenvalue weighted by Gasteiger charge is 2.19. The predicted molar refractivity (Wildman–Crippen MR) is 80.9 cm³/mol. The molecular formula is C15H17NO7. The number of allylic oxidation sites excluding steroid dienone is 1. The zero-order valence-corrected chi connectivity index (χ0v) is 12.3. The summed E-state index contributed by atoms with van der Waals surface area (Å²) in [5.74, 6) is -4.06. The van der Waals surface area contributed by atoms with Crippen LogP contribution in [0, 0.1) is 0 Å². The Morgan fingerprint density at radius 1 is 1.13 bits per heavy atom. The van der Waals surface area contributed by atoms with E-state index in [2.05, 4.69) is 5.32 Å². The average Bonchev–Trinajstić information content (AvgIpc) is 2.52. The summed E-state index contributed by atoms with van der Waals surface area (Å²) in [6.07, 6.45) is -0.237. The molecule has 1 rings (SSSR count). The monoisotopic (exact) mass is 323 g/mol. The molecule has 124 valence electrons.